The van der Waals surface area contributed by atoms with Crippen LogP contribution >= 0.6 is 11.3 Å². The molecule has 1 amide bonds. The molecule has 2 heterocycles. The third kappa shape index (κ3) is 4.64. The van der Waals surface area contributed by atoms with Crippen molar-refractivity contribution in [1.29, 1.82) is 0 Å². The quantitative estimate of drug-likeness (QED) is 0.457. The summed E-state index contributed by atoms with van der Waals surface area (Å²) < 4.78 is 42.1. The number of halogens is 3. The average Bonchev–Trinajstić information content (AvgIpc) is 3.30. The summed E-state index contributed by atoms with van der Waals surface area (Å²) in [6, 6.07) is 11.4. The Bertz CT molecular complexity index is 1230. The maximum absolute atomic E-state index is 13.4. The number of aromatic nitrogens is 2. The molecule has 10 heteroatoms. The van der Waals surface area contributed by atoms with Crippen LogP contribution in [0.2, 0.25) is 0 Å². The summed E-state index contributed by atoms with van der Waals surface area (Å²) in [5, 5.41) is 1.21. The Labute approximate surface area is 179 Å². The Hall–Kier alpha value is -3.11. The molecule has 0 fully saturated rings. The van der Waals surface area contributed by atoms with E-state index in [2.05, 4.69) is 14.7 Å². The van der Waals surface area contributed by atoms with Gasteiger partial charge in [0.2, 0.25) is 0 Å². The van der Waals surface area contributed by atoms with E-state index in [0.717, 1.165) is 22.2 Å². The highest BCUT2D eigenvalue weighted by Crippen LogP contribution is 2.34. The molecule has 0 radical (unpaired) electrons. The Morgan fingerprint density at radius 3 is 2.68 bits per heavy atom. The van der Waals surface area contributed by atoms with Gasteiger partial charge in [-0.2, -0.15) is 0 Å². The number of likely N-dealkylation sites (N-methyl/N-ethyl adjacent to an activating group) is 1. The molecule has 0 saturated carbocycles. The fourth-order valence-electron chi connectivity index (χ4n) is 3.18. The van der Waals surface area contributed by atoms with E-state index in [-0.39, 0.29) is 11.7 Å². The standard InChI is InChI=1S/C21H19F3N4O2S/c1-27(2)9-10-28(19(29)15-12-25-16-6-4-3-5-14(15)16)20-26-17-8-7-13(11-18(17)31-20)30-21(22,23)24/h3-8,11-12,25H,9-10H2,1-2H3. The van der Waals surface area contributed by atoms with Crippen molar-refractivity contribution in [2.75, 3.05) is 32.1 Å². The molecule has 6 nitrogen and oxygen atoms in total. The molecule has 162 valence electrons. The van der Waals surface area contributed by atoms with Gasteiger partial charge in [0.1, 0.15) is 5.75 Å². The van der Waals surface area contributed by atoms with Crippen molar-refractivity contribution in [3.8, 4) is 5.75 Å². The monoisotopic (exact) mass is 448 g/mol. The largest absolute Gasteiger partial charge is 0.573 e. The number of carbonyl (C=O) groups is 1. The predicted molar refractivity (Wildman–Crippen MR) is 115 cm³/mol. The first kappa shape index (κ1) is 21.1. The van der Waals surface area contributed by atoms with Gasteiger partial charge in [0.05, 0.1) is 15.8 Å². The molecule has 0 unspecified atom stereocenters. The Morgan fingerprint density at radius 1 is 1.16 bits per heavy atom. The van der Waals surface area contributed by atoms with Crippen LogP contribution in [0, 0.1) is 0 Å². The molecule has 0 spiro atoms. The van der Waals surface area contributed by atoms with E-state index in [1.54, 1.807) is 11.1 Å². The van der Waals surface area contributed by atoms with E-state index in [1.165, 1.54) is 18.2 Å². The number of amides is 1. The molecule has 0 bridgehead atoms. The predicted octanol–water partition coefficient (Wildman–Crippen LogP) is 4.88. The number of nitrogens with zero attached hydrogens (tertiary/aromatic N) is 3. The van der Waals surface area contributed by atoms with Crippen LogP contribution in [0.3, 0.4) is 0 Å². The van der Waals surface area contributed by atoms with Gasteiger partial charge in [-0.15, -0.1) is 13.2 Å². The van der Waals surface area contributed by atoms with Gasteiger partial charge in [0.15, 0.2) is 5.13 Å². The lowest BCUT2D eigenvalue weighted by atomic mass is 10.1. The molecule has 4 rings (SSSR count). The smallest absolute Gasteiger partial charge is 0.406 e. The van der Waals surface area contributed by atoms with Crippen LogP contribution in [0.15, 0.2) is 48.7 Å². The second-order valence-electron chi connectivity index (χ2n) is 7.18. The number of carbonyl (C=O) groups excluding carboxylic acids is 1. The van der Waals surface area contributed by atoms with Crippen molar-refractivity contribution >= 4 is 43.5 Å². The van der Waals surface area contributed by atoms with Crippen LogP contribution in [0.5, 0.6) is 5.75 Å². The molecule has 4 aromatic rings. The molecule has 31 heavy (non-hydrogen) atoms. The maximum Gasteiger partial charge on any atom is 0.573 e. The van der Waals surface area contributed by atoms with Gasteiger partial charge in [-0.1, -0.05) is 29.5 Å². The van der Waals surface area contributed by atoms with Gasteiger partial charge in [-0.25, -0.2) is 4.98 Å². The number of anilines is 1. The second-order valence-corrected chi connectivity index (χ2v) is 8.19. The summed E-state index contributed by atoms with van der Waals surface area (Å²) in [4.78, 5) is 24.5. The van der Waals surface area contributed by atoms with Crippen LogP contribution < -0.4 is 9.64 Å². The first-order valence-corrected chi connectivity index (χ1v) is 10.2. The molecule has 0 atom stereocenters. The van der Waals surface area contributed by atoms with Crippen molar-refractivity contribution in [2.45, 2.75) is 6.36 Å². The van der Waals surface area contributed by atoms with Crippen molar-refractivity contribution in [3.05, 3.63) is 54.2 Å². The Balaban J connectivity index is 1.71. The molecular weight excluding hydrogens is 429 g/mol. The number of para-hydroxylation sites is 1. The average molecular weight is 448 g/mol. The Kier molecular flexibility index (Phi) is 5.59. The van der Waals surface area contributed by atoms with E-state index in [4.69, 9.17) is 0 Å². The second kappa shape index (κ2) is 8.20. The molecule has 2 aromatic carbocycles. The lowest BCUT2D eigenvalue weighted by molar-refractivity contribution is -0.274. The highest BCUT2D eigenvalue weighted by Gasteiger charge is 2.31. The van der Waals surface area contributed by atoms with E-state index >= 15 is 0 Å². The summed E-state index contributed by atoms with van der Waals surface area (Å²) in [6.07, 6.45) is -3.11. The number of fused-ring (bicyclic) bond motifs is 2. The van der Waals surface area contributed by atoms with Gasteiger partial charge in [-0.3, -0.25) is 9.69 Å². The minimum Gasteiger partial charge on any atom is -0.406 e. The first-order chi connectivity index (χ1) is 14.7. The summed E-state index contributed by atoms with van der Waals surface area (Å²) in [5.41, 5.74) is 1.85. The van der Waals surface area contributed by atoms with Gasteiger partial charge >= 0.3 is 6.36 Å². The molecule has 0 aliphatic carbocycles. The summed E-state index contributed by atoms with van der Waals surface area (Å²) in [6.45, 7) is 0.962. The minimum absolute atomic E-state index is 0.231. The Morgan fingerprint density at radius 2 is 1.94 bits per heavy atom. The van der Waals surface area contributed by atoms with Crippen molar-refractivity contribution in [1.82, 2.24) is 14.9 Å². The first-order valence-electron chi connectivity index (χ1n) is 9.40. The van der Waals surface area contributed by atoms with Crippen LogP contribution in [0.4, 0.5) is 18.3 Å². The lowest BCUT2D eigenvalue weighted by Crippen LogP contribution is -2.36. The maximum atomic E-state index is 13.4. The summed E-state index contributed by atoms with van der Waals surface area (Å²) in [7, 11) is 3.79. The van der Waals surface area contributed by atoms with E-state index < -0.39 is 6.36 Å². The number of nitrogens with one attached hydrogen (secondary N) is 1. The van der Waals surface area contributed by atoms with E-state index in [1.807, 2.05) is 43.3 Å². The third-order valence-corrected chi connectivity index (χ3v) is 5.69. The number of hydrogen-bond acceptors (Lipinski definition) is 5. The summed E-state index contributed by atoms with van der Waals surface area (Å²) in [5.74, 6) is -0.553. The number of aromatic amines is 1. The van der Waals surface area contributed by atoms with Crippen molar-refractivity contribution in [3.63, 3.8) is 0 Å². The fraction of sp³-hybridized carbons (Fsp3) is 0.238. The number of H-pyrrole nitrogens is 1. The molecule has 1 N–H and O–H groups in total. The zero-order valence-electron chi connectivity index (χ0n) is 16.7. The molecule has 0 aliphatic rings. The number of benzene rings is 2. The zero-order chi connectivity index (χ0) is 22.2. The van der Waals surface area contributed by atoms with Crippen LogP contribution in [-0.2, 0) is 0 Å². The van der Waals surface area contributed by atoms with Gasteiger partial charge < -0.3 is 14.6 Å². The number of ether oxygens (including phenoxy) is 1. The number of alkyl halides is 3. The van der Waals surface area contributed by atoms with Crippen molar-refractivity contribution < 1.29 is 22.7 Å². The molecule has 0 aliphatic heterocycles. The lowest BCUT2D eigenvalue weighted by Gasteiger charge is -2.21. The van der Waals surface area contributed by atoms with Gasteiger partial charge in [0, 0.05) is 36.3 Å². The highest BCUT2D eigenvalue weighted by atomic mass is 32.1. The minimum atomic E-state index is -4.77. The number of rotatable bonds is 6. The van der Waals surface area contributed by atoms with Crippen LogP contribution in [0.25, 0.3) is 21.1 Å². The normalized spacial score (nSPS) is 12.1. The van der Waals surface area contributed by atoms with Crippen LogP contribution in [-0.4, -0.2) is 54.3 Å². The SMILES string of the molecule is CN(C)CCN(C(=O)c1c[nH]c2ccccc12)c1nc2ccc(OC(F)(F)F)cc2s1. The molecule has 2 aromatic heterocycles. The third-order valence-electron chi connectivity index (χ3n) is 4.65. The van der Waals surface area contributed by atoms with Crippen molar-refractivity contribution in [2.24, 2.45) is 0 Å². The molecular formula is C21H19F3N4O2S. The summed E-state index contributed by atoms with van der Waals surface area (Å²) >= 11 is 1.15. The number of hydrogen-bond donors (Lipinski definition) is 1. The molecule has 0 saturated heterocycles. The van der Waals surface area contributed by atoms with E-state index in [9.17, 15) is 18.0 Å². The fourth-order valence-corrected chi connectivity index (χ4v) is 4.20. The topological polar surface area (TPSA) is 61.5 Å². The van der Waals surface area contributed by atoms with E-state index in [0.29, 0.717) is 34.0 Å². The number of thiazole rings is 1. The van der Waals surface area contributed by atoms with Crippen LogP contribution in [0.1, 0.15) is 10.4 Å². The van der Waals surface area contributed by atoms with Gasteiger partial charge in [0.25, 0.3) is 5.91 Å². The highest BCUT2D eigenvalue weighted by molar-refractivity contribution is 7.22. The van der Waals surface area contributed by atoms with Gasteiger partial charge in [-0.05, 0) is 32.3 Å². The zero-order valence-corrected chi connectivity index (χ0v) is 17.5.